The maximum Gasteiger partial charge on any atom is 0.251 e. The van der Waals surface area contributed by atoms with Gasteiger partial charge in [-0.05, 0) is 24.6 Å². The van der Waals surface area contributed by atoms with E-state index in [1.165, 1.54) is 0 Å². The van der Waals surface area contributed by atoms with E-state index in [-0.39, 0.29) is 5.91 Å². The van der Waals surface area contributed by atoms with Crippen molar-refractivity contribution in [3.05, 3.63) is 35.4 Å². The molecule has 5 heteroatoms. The molecule has 1 aliphatic rings. The number of guanidine groups is 1. The maximum absolute atomic E-state index is 11.5. The first kappa shape index (κ1) is 12.4. The fourth-order valence-corrected chi connectivity index (χ4v) is 1.81. The molecule has 1 amide bonds. The number of rotatable bonds is 3. The van der Waals surface area contributed by atoms with Crippen molar-refractivity contribution in [2.75, 3.05) is 13.6 Å². The number of hydrogen-bond donors (Lipinski definition) is 3. The zero-order chi connectivity index (χ0) is 13.0. The Hall–Kier alpha value is -2.04. The molecule has 0 fully saturated rings. The van der Waals surface area contributed by atoms with E-state index in [4.69, 9.17) is 0 Å². The smallest absolute Gasteiger partial charge is 0.251 e. The van der Waals surface area contributed by atoms with Crippen molar-refractivity contribution in [3.63, 3.8) is 0 Å². The minimum absolute atomic E-state index is 0.0678. The summed E-state index contributed by atoms with van der Waals surface area (Å²) in [7, 11) is 1.63. The average molecular weight is 246 g/mol. The number of benzene rings is 1. The van der Waals surface area contributed by atoms with Crippen LogP contribution in [0.2, 0.25) is 0 Å². The van der Waals surface area contributed by atoms with E-state index in [1.807, 2.05) is 18.2 Å². The van der Waals surface area contributed by atoms with Crippen molar-refractivity contribution in [2.24, 2.45) is 4.99 Å². The van der Waals surface area contributed by atoms with Gasteiger partial charge in [-0.3, -0.25) is 9.79 Å². The van der Waals surface area contributed by atoms with Gasteiger partial charge in [0.1, 0.15) is 0 Å². The molecule has 0 aliphatic carbocycles. The number of amides is 1. The third-order valence-electron chi connectivity index (χ3n) is 2.78. The van der Waals surface area contributed by atoms with Gasteiger partial charge in [-0.1, -0.05) is 12.1 Å². The van der Waals surface area contributed by atoms with E-state index in [9.17, 15) is 4.79 Å². The Morgan fingerprint density at radius 3 is 3.06 bits per heavy atom. The lowest BCUT2D eigenvalue weighted by molar-refractivity contribution is 0.0963. The highest BCUT2D eigenvalue weighted by molar-refractivity contribution is 5.94. The number of aliphatic imine (C=N–C) groups is 1. The molecule has 1 unspecified atom stereocenters. The Kier molecular flexibility index (Phi) is 3.82. The molecule has 96 valence electrons. The lowest BCUT2D eigenvalue weighted by Gasteiger charge is -2.09. The lowest BCUT2D eigenvalue weighted by Crippen LogP contribution is -2.37. The number of carbonyl (C=O) groups is 1. The summed E-state index contributed by atoms with van der Waals surface area (Å²) < 4.78 is 0. The first-order valence-corrected chi connectivity index (χ1v) is 6.05. The van der Waals surface area contributed by atoms with Crippen LogP contribution >= 0.6 is 0 Å². The summed E-state index contributed by atoms with van der Waals surface area (Å²) in [6.45, 7) is 3.55. The summed E-state index contributed by atoms with van der Waals surface area (Å²) in [6, 6.07) is 7.94. The van der Waals surface area contributed by atoms with Crippen LogP contribution in [0.3, 0.4) is 0 Å². The Morgan fingerprint density at radius 1 is 1.56 bits per heavy atom. The van der Waals surface area contributed by atoms with Gasteiger partial charge >= 0.3 is 0 Å². The molecule has 1 heterocycles. The summed E-state index contributed by atoms with van der Waals surface area (Å²) in [5.74, 6) is 0.759. The van der Waals surface area contributed by atoms with Crippen molar-refractivity contribution in [3.8, 4) is 0 Å². The Balaban J connectivity index is 1.95. The van der Waals surface area contributed by atoms with Crippen LogP contribution in [0.25, 0.3) is 0 Å². The van der Waals surface area contributed by atoms with Crippen LogP contribution in [-0.4, -0.2) is 31.5 Å². The maximum atomic E-state index is 11.5. The predicted molar refractivity (Wildman–Crippen MR) is 71.6 cm³/mol. The molecule has 0 radical (unpaired) electrons. The zero-order valence-electron chi connectivity index (χ0n) is 10.7. The second-order valence-corrected chi connectivity index (χ2v) is 4.37. The fraction of sp³-hybridized carbons (Fsp3) is 0.385. The van der Waals surface area contributed by atoms with Crippen molar-refractivity contribution < 1.29 is 4.79 Å². The van der Waals surface area contributed by atoms with Gasteiger partial charge in [0.2, 0.25) is 0 Å². The normalized spacial score (nSPS) is 17.9. The average Bonchev–Trinajstić information content (AvgIpc) is 2.81. The molecular weight excluding hydrogens is 228 g/mol. The van der Waals surface area contributed by atoms with Crippen molar-refractivity contribution in [2.45, 2.75) is 19.5 Å². The molecular formula is C13H18N4O. The van der Waals surface area contributed by atoms with Gasteiger partial charge in [0.15, 0.2) is 5.96 Å². The predicted octanol–water partition coefficient (Wildman–Crippen LogP) is 0.484. The van der Waals surface area contributed by atoms with Gasteiger partial charge in [-0.2, -0.15) is 0 Å². The third kappa shape index (κ3) is 3.00. The summed E-state index contributed by atoms with van der Waals surface area (Å²) in [5, 5.41) is 9.07. The molecule has 0 bridgehead atoms. The van der Waals surface area contributed by atoms with E-state index in [2.05, 4.69) is 27.9 Å². The molecule has 3 N–H and O–H groups in total. The molecule has 18 heavy (non-hydrogen) atoms. The molecule has 1 aliphatic heterocycles. The quantitative estimate of drug-likeness (QED) is 0.727. The van der Waals surface area contributed by atoms with E-state index in [0.29, 0.717) is 18.2 Å². The summed E-state index contributed by atoms with van der Waals surface area (Å²) in [5.41, 5.74) is 1.73. The highest BCUT2D eigenvalue weighted by atomic mass is 16.1. The van der Waals surface area contributed by atoms with E-state index in [0.717, 1.165) is 18.1 Å². The first-order valence-electron chi connectivity index (χ1n) is 6.05. The molecule has 0 spiro atoms. The third-order valence-corrected chi connectivity index (χ3v) is 2.78. The van der Waals surface area contributed by atoms with Crippen molar-refractivity contribution in [1.29, 1.82) is 0 Å². The first-order chi connectivity index (χ1) is 8.69. The minimum Gasteiger partial charge on any atom is -0.355 e. The van der Waals surface area contributed by atoms with Crippen LogP contribution in [0.4, 0.5) is 0 Å². The van der Waals surface area contributed by atoms with Gasteiger partial charge in [-0.15, -0.1) is 0 Å². The number of nitrogens with zero attached hydrogens (tertiary/aromatic N) is 1. The number of hydrogen-bond acceptors (Lipinski definition) is 4. The molecule has 0 saturated carbocycles. The van der Waals surface area contributed by atoms with Gasteiger partial charge in [-0.25, -0.2) is 0 Å². The molecule has 0 saturated heterocycles. The summed E-state index contributed by atoms with van der Waals surface area (Å²) >= 11 is 0. The minimum atomic E-state index is -0.0678. The highest BCUT2D eigenvalue weighted by Gasteiger charge is 2.11. The summed E-state index contributed by atoms with van der Waals surface area (Å²) in [4.78, 5) is 15.8. The highest BCUT2D eigenvalue weighted by Crippen LogP contribution is 2.05. The number of carbonyl (C=O) groups excluding carboxylic acids is 1. The van der Waals surface area contributed by atoms with Gasteiger partial charge in [0.05, 0.1) is 6.54 Å². The van der Waals surface area contributed by atoms with Crippen LogP contribution < -0.4 is 16.0 Å². The molecule has 1 atom stereocenters. The Labute approximate surface area is 107 Å². The van der Waals surface area contributed by atoms with Crippen LogP contribution in [0.15, 0.2) is 29.3 Å². The molecule has 0 aromatic heterocycles. The van der Waals surface area contributed by atoms with E-state index < -0.39 is 0 Å². The monoisotopic (exact) mass is 246 g/mol. The second-order valence-electron chi connectivity index (χ2n) is 4.37. The zero-order valence-corrected chi connectivity index (χ0v) is 10.7. The Bertz CT molecular complexity index is 470. The molecule has 1 aromatic carbocycles. The molecule has 5 nitrogen and oxygen atoms in total. The van der Waals surface area contributed by atoms with Crippen LogP contribution in [0.1, 0.15) is 22.8 Å². The fourth-order valence-electron chi connectivity index (χ4n) is 1.81. The Morgan fingerprint density at radius 2 is 2.39 bits per heavy atom. The standard InChI is InChI=1S/C13H18N4O/c1-9-7-15-13(17-9)16-8-10-4-3-5-11(6-10)12(18)14-2/h3-6,9H,7-8H2,1-2H3,(H,14,18)(H2,15,16,17). The van der Waals surface area contributed by atoms with E-state index >= 15 is 0 Å². The van der Waals surface area contributed by atoms with Crippen molar-refractivity contribution in [1.82, 2.24) is 16.0 Å². The molecule has 2 rings (SSSR count). The SMILES string of the molecule is CNC(=O)c1cccc(CNC2=NCC(C)N2)c1. The van der Waals surface area contributed by atoms with Crippen LogP contribution in [0.5, 0.6) is 0 Å². The van der Waals surface area contributed by atoms with E-state index in [1.54, 1.807) is 13.1 Å². The topological polar surface area (TPSA) is 65.5 Å². The second kappa shape index (κ2) is 5.53. The van der Waals surface area contributed by atoms with Gasteiger partial charge in [0, 0.05) is 25.2 Å². The lowest BCUT2D eigenvalue weighted by atomic mass is 10.1. The largest absolute Gasteiger partial charge is 0.355 e. The number of nitrogens with one attached hydrogen (secondary N) is 3. The van der Waals surface area contributed by atoms with Gasteiger partial charge < -0.3 is 16.0 Å². The molecule has 1 aromatic rings. The van der Waals surface area contributed by atoms with Crippen molar-refractivity contribution >= 4 is 11.9 Å². The summed E-state index contributed by atoms with van der Waals surface area (Å²) in [6.07, 6.45) is 0. The van der Waals surface area contributed by atoms with Crippen LogP contribution in [-0.2, 0) is 6.54 Å². The van der Waals surface area contributed by atoms with Crippen LogP contribution in [0, 0.1) is 0 Å². The van der Waals surface area contributed by atoms with Gasteiger partial charge in [0.25, 0.3) is 5.91 Å².